The molecule has 0 aliphatic rings. The van der Waals surface area contributed by atoms with Crippen molar-refractivity contribution in [2.24, 2.45) is 0 Å². The number of rotatable bonds is 4. The molecule has 1 heterocycles. The molecular formula is C8H14N4O2. The van der Waals surface area contributed by atoms with Crippen molar-refractivity contribution >= 4 is 5.91 Å². The zero-order valence-electron chi connectivity index (χ0n) is 8.27. The monoisotopic (exact) mass is 198 g/mol. The lowest BCUT2D eigenvalue weighted by Crippen LogP contribution is -2.33. The van der Waals surface area contributed by atoms with E-state index >= 15 is 0 Å². The third-order valence-corrected chi connectivity index (χ3v) is 1.60. The van der Waals surface area contributed by atoms with E-state index in [0.717, 1.165) is 0 Å². The van der Waals surface area contributed by atoms with Gasteiger partial charge in [-0.15, -0.1) is 5.10 Å². The van der Waals surface area contributed by atoms with Gasteiger partial charge in [0.15, 0.2) is 0 Å². The molecule has 1 rings (SSSR count). The summed E-state index contributed by atoms with van der Waals surface area (Å²) in [4.78, 5) is 11.3. The number of aliphatic hydroxyl groups excluding tert-OH is 1. The summed E-state index contributed by atoms with van der Waals surface area (Å²) in [5, 5.41) is 18.9. The topological polar surface area (TPSA) is 80.0 Å². The van der Waals surface area contributed by atoms with E-state index in [1.807, 2.05) is 13.8 Å². The van der Waals surface area contributed by atoms with Gasteiger partial charge in [-0.2, -0.15) is 0 Å². The van der Waals surface area contributed by atoms with Crippen molar-refractivity contribution in [2.75, 3.05) is 0 Å². The Bertz CT molecular complexity index is 308. The van der Waals surface area contributed by atoms with Gasteiger partial charge in [0.05, 0.1) is 18.5 Å². The Balaban J connectivity index is 2.55. The molecule has 2 N–H and O–H groups in total. The molecule has 0 saturated heterocycles. The lowest BCUT2D eigenvalue weighted by Gasteiger charge is -2.08. The van der Waals surface area contributed by atoms with Gasteiger partial charge in [0.2, 0.25) is 5.91 Å². The Labute approximate surface area is 81.9 Å². The zero-order chi connectivity index (χ0) is 10.6. The number of hydrogen-bond acceptors (Lipinski definition) is 4. The third-order valence-electron chi connectivity index (χ3n) is 1.60. The second-order valence-electron chi connectivity index (χ2n) is 3.26. The van der Waals surface area contributed by atoms with Crippen LogP contribution in [0, 0.1) is 0 Å². The predicted octanol–water partition coefficient (Wildman–Crippen LogP) is -0.705. The number of aromatic nitrogens is 3. The van der Waals surface area contributed by atoms with E-state index < -0.39 is 0 Å². The lowest BCUT2D eigenvalue weighted by molar-refractivity contribution is -0.122. The summed E-state index contributed by atoms with van der Waals surface area (Å²) in [5.74, 6) is -0.139. The third kappa shape index (κ3) is 2.81. The SMILES string of the molecule is CC(C)NC(=O)Cn1nncc1CO. The Morgan fingerprint density at radius 3 is 3.00 bits per heavy atom. The fourth-order valence-electron chi connectivity index (χ4n) is 1.04. The van der Waals surface area contributed by atoms with Crippen molar-refractivity contribution in [3.63, 3.8) is 0 Å². The molecule has 6 nitrogen and oxygen atoms in total. The molecule has 0 bridgehead atoms. The molecule has 1 aromatic rings. The Morgan fingerprint density at radius 2 is 2.43 bits per heavy atom. The number of nitrogens with zero attached hydrogens (tertiary/aromatic N) is 3. The van der Waals surface area contributed by atoms with E-state index in [1.54, 1.807) is 0 Å². The first-order valence-corrected chi connectivity index (χ1v) is 4.41. The van der Waals surface area contributed by atoms with Gasteiger partial charge in [0, 0.05) is 6.04 Å². The van der Waals surface area contributed by atoms with Crippen LogP contribution in [0.5, 0.6) is 0 Å². The van der Waals surface area contributed by atoms with Crippen LogP contribution in [0.15, 0.2) is 6.20 Å². The van der Waals surface area contributed by atoms with Gasteiger partial charge in [-0.05, 0) is 13.8 Å². The van der Waals surface area contributed by atoms with Crippen LogP contribution < -0.4 is 5.32 Å². The molecule has 0 aliphatic heterocycles. The molecule has 0 spiro atoms. The summed E-state index contributed by atoms with van der Waals surface area (Å²) in [5.41, 5.74) is 0.531. The van der Waals surface area contributed by atoms with Gasteiger partial charge in [-0.25, -0.2) is 4.68 Å². The van der Waals surface area contributed by atoms with Crippen LogP contribution in [0.2, 0.25) is 0 Å². The minimum absolute atomic E-state index is 0.0913. The Hall–Kier alpha value is -1.43. The van der Waals surface area contributed by atoms with Crippen LogP contribution >= 0.6 is 0 Å². The van der Waals surface area contributed by atoms with Crippen molar-refractivity contribution in [3.8, 4) is 0 Å². The first kappa shape index (κ1) is 10.6. The smallest absolute Gasteiger partial charge is 0.242 e. The van der Waals surface area contributed by atoms with E-state index in [1.165, 1.54) is 10.9 Å². The minimum atomic E-state index is -0.165. The van der Waals surface area contributed by atoms with Crippen LogP contribution in [-0.4, -0.2) is 32.0 Å². The largest absolute Gasteiger partial charge is 0.390 e. The summed E-state index contributed by atoms with van der Waals surface area (Å²) in [6.07, 6.45) is 1.43. The molecular weight excluding hydrogens is 184 g/mol. The van der Waals surface area contributed by atoms with E-state index in [4.69, 9.17) is 5.11 Å². The van der Waals surface area contributed by atoms with Crippen molar-refractivity contribution in [1.29, 1.82) is 0 Å². The van der Waals surface area contributed by atoms with Gasteiger partial charge in [0.1, 0.15) is 6.54 Å². The molecule has 0 aromatic carbocycles. The van der Waals surface area contributed by atoms with Crippen LogP contribution in [0.3, 0.4) is 0 Å². The minimum Gasteiger partial charge on any atom is -0.390 e. The van der Waals surface area contributed by atoms with Crippen molar-refractivity contribution in [1.82, 2.24) is 20.3 Å². The molecule has 6 heteroatoms. The molecule has 0 aliphatic carbocycles. The predicted molar refractivity (Wildman–Crippen MR) is 49.2 cm³/mol. The van der Waals surface area contributed by atoms with Gasteiger partial charge < -0.3 is 10.4 Å². The molecule has 0 radical (unpaired) electrons. The van der Waals surface area contributed by atoms with Crippen molar-refractivity contribution in [2.45, 2.75) is 33.0 Å². The average Bonchev–Trinajstić information content (AvgIpc) is 2.50. The number of carbonyl (C=O) groups is 1. The Morgan fingerprint density at radius 1 is 1.71 bits per heavy atom. The fraction of sp³-hybridized carbons (Fsp3) is 0.625. The molecule has 0 unspecified atom stereocenters. The van der Waals surface area contributed by atoms with Crippen molar-refractivity contribution < 1.29 is 9.90 Å². The van der Waals surface area contributed by atoms with E-state index in [0.29, 0.717) is 5.69 Å². The number of hydrogen-bond donors (Lipinski definition) is 2. The maximum atomic E-state index is 11.3. The van der Waals surface area contributed by atoms with E-state index in [9.17, 15) is 4.79 Å². The highest BCUT2D eigenvalue weighted by molar-refractivity contribution is 5.75. The zero-order valence-corrected chi connectivity index (χ0v) is 8.27. The molecule has 78 valence electrons. The summed E-state index contributed by atoms with van der Waals surface area (Å²) >= 11 is 0. The quantitative estimate of drug-likeness (QED) is 0.670. The molecule has 0 atom stereocenters. The average molecular weight is 198 g/mol. The summed E-state index contributed by atoms with van der Waals surface area (Å²) < 4.78 is 1.37. The highest BCUT2D eigenvalue weighted by Gasteiger charge is 2.08. The maximum absolute atomic E-state index is 11.3. The highest BCUT2D eigenvalue weighted by Crippen LogP contribution is 1.95. The lowest BCUT2D eigenvalue weighted by atomic mass is 10.4. The summed E-state index contributed by atoms with van der Waals surface area (Å²) in [6.45, 7) is 3.69. The number of nitrogens with one attached hydrogen (secondary N) is 1. The van der Waals surface area contributed by atoms with Crippen LogP contribution in [-0.2, 0) is 17.9 Å². The van der Waals surface area contributed by atoms with E-state index in [2.05, 4.69) is 15.6 Å². The maximum Gasteiger partial charge on any atom is 0.242 e. The first-order chi connectivity index (χ1) is 6.63. The van der Waals surface area contributed by atoms with Crippen LogP contribution in [0.25, 0.3) is 0 Å². The summed E-state index contributed by atoms with van der Waals surface area (Å²) in [7, 11) is 0. The van der Waals surface area contributed by atoms with Crippen LogP contribution in [0.1, 0.15) is 19.5 Å². The molecule has 14 heavy (non-hydrogen) atoms. The fourth-order valence-corrected chi connectivity index (χ4v) is 1.04. The number of carbonyl (C=O) groups excluding carboxylic acids is 1. The molecule has 0 fully saturated rings. The second kappa shape index (κ2) is 4.71. The van der Waals surface area contributed by atoms with Gasteiger partial charge in [0.25, 0.3) is 0 Å². The van der Waals surface area contributed by atoms with Crippen molar-refractivity contribution in [3.05, 3.63) is 11.9 Å². The highest BCUT2D eigenvalue weighted by atomic mass is 16.3. The summed E-state index contributed by atoms with van der Waals surface area (Å²) in [6, 6.07) is 0.101. The van der Waals surface area contributed by atoms with Gasteiger partial charge >= 0.3 is 0 Å². The van der Waals surface area contributed by atoms with Crippen LogP contribution in [0.4, 0.5) is 0 Å². The first-order valence-electron chi connectivity index (χ1n) is 4.41. The van der Waals surface area contributed by atoms with Gasteiger partial charge in [-0.3, -0.25) is 4.79 Å². The van der Waals surface area contributed by atoms with Gasteiger partial charge in [-0.1, -0.05) is 5.21 Å². The number of aliphatic hydroxyl groups is 1. The molecule has 0 saturated carbocycles. The van der Waals surface area contributed by atoms with E-state index in [-0.39, 0.29) is 25.1 Å². The standard InChI is InChI=1S/C8H14N4O2/c1-6(2)10-8(14)4-12-7(5-13)3-9-11-12/h3,6,13H,4-5H2,1-2H3,(H,10,14). The molecule has 1 amide bonds. The second-order valence-corrected chi connectivity index (χ2v) is 3.26. The Kier molecular flexibility index (Phi) is 3.58. The normalized spacial score (nSPS) is 10.6. The number of amides is 1. The molecule has 1 aromatic heterocycles.